The molecule has 0 aliphatic heterocycles. The van der Waals surface area contributed by atoms with E-state index in [0.717, 1.165) is 38.0 Å². The predicted octanol–water partition coefficient (Wildman–Crippen LogP) is 5.92. The minimum atomic E-state index is -3.87. The molecular formula is C33H36BrN3O4S. The molecule has 4 rings (SSSR count). The lowest BCUT2D eigenvalue weighted by atomic mass is 10.0. The molecular weight excluding hydrogens is 614 g/mol. The van der Waals surface area contributed by atoms with E-state index in [4.69, 9.17) is 0 Å². The number of carbonyl (C=O) groups is 2. The summed E-state index contributed by atoms with van der Waals surface area (Å²) in [7, 11) is -3.87. The maximum atomic E-state index is 14.3. The van der Waals surface area contributed by atoms with E-state index in [-0.39, 0.29) is 24.9 Å². The molecule has 0 saturated heterocycles. The molecule has 9 heteroatoms. The highest BCUT2D eigenvalue weighted by Crippen LogP contribution is 2.29. The number of benzene rings is 4. The van der Waals surface area contributed by atoms with Gasteiger partial charge in [-0.1, -0.05) is 102 Å². The van der Waals surface area contributed by atoms with E-state index in [1.165, 1.54) is 4.90 Å². The van der Waals surface area contributed by atoms with Crippen LogP contribution in [0.2, 0.25) is 0 Å². The first-order valence-corrected chi connectivity index (χ1v) is 16.5. The third-order valence-corrected chi connectivity index (χ3v) is 8.91. The summed E-state index contributed by atoms with van der Waals surface area (Å²) in [6.07, 6.45) is 2.10. The summed E-state index contributed by atoms with van der Waals surface area (Å²) in [5.41, 5.74) is 2.12. The first-order chi connectivity index (χ1) is 20.1. The lowest BCUT2D eigenvalue weighted by molar-refractivity contribution is -0.140. The van der Waals surface area contributed by atoms with Gasteiger partial charge in [0.05, 0.1) is 11.9 Å². The van der Waals surface area contributed by atoms with E-state index >= 15 is 0 Å². The van der Waals surface area contributed by atoms with E-state index < -0.39 is 28.5 Å². The SMILES string of the molecule is CCC(C)NC(=O)C(Cc1ccccc1)N(Cc1ccc(Br)cc1)C(=O)CN(c1cccc2ccccc12)S(C)(=O)=O. The Balaban J connectivity index is 1.78. The number of nitrogens with zero attached hydrogens (tertiary/aromatic N) is 2. The first kappa shape index (κ1) is 31.3. The number of nitrogens with one attached hydrogen (secondary N) is 1. The molecule has 0 bridgehead atoms. The molecule has 0 aliphatic carbocycles. The molecule has 0 aliphatic rings. The number of sulfonamides is 1. The Morgan fingerprint density at radius 2 is 1.50 bits per heavy atom. The zero-order valence-electron chi connectivity index (χ0n) is 24.0. The van der Waals surface area contributed by atoms with Gasteiger partial charge in [0, 0.05) is 28.9 Å². The summed E-state index contributed by atoms with van der Waals surface area (Å²) in [5.74, 6) is -0.758. The molecule has 0 radical (unpaired) electrons. The fourth-order valence-corrected chi connectivity index (χ4v) is 5.93. The van der Waals surface area contributed by atoms with Gasteiger partial charge in [0.2, 0.25) is 21.8 Å². The highest BCUT2D eigenvalue weighted by atomic mass is 79.9. The fourth-order valence-electron chi connectivity index (χ4n) is 4.80. The van der Waals surface area contributed by atoms with Crippen molar-refractivity contribution in [2.45, 2.75) is 45.3 Å². The molecule has 2 amide bonds. The Morgan fingerprint density at radius 3 is 2.17 bits per heavy atom. The molecule has 0 heterocycles. The standard InChI is InChI=1S/C33H36BrN3O4S/c1-4-24(2)35-33(39)31(21-25-11-6-5-7-12-25)36(22-26-17-19-28(34)20-18-26)32(38)23-37(42(3,40)41)30-16-10-14-27-13-8-9-15-29(27)30/h5-20,24,31H,4,21-23H2,1-3H3,(H,35,39). The third kappa shape index (κ3) is 7.98. The second-order valence-corrected chi connectivity index (χ2v) is 13.3. The number of hydrogen-bond donors (Lipinski definition) is 1. The van der Waals surface area contributed by atoms with Crippen molar-refractivity contribution in [1.82, 2.24) is 10.2 Å². The molecule has 0 fully saturated rings. The number of anilines is 1. The summed E-state index contributed by atoms with van der Waals surface area (Å²) in [5, 5.41) is 4.62. The molecule has 1 N–H and O–H groups in total. The van der Waals surface area contributed by atoms with Crippen molar-refractivity contribution in [3.8, 4) is 0 Å². The molecule has 7 nitrogen and oxygen atoms in total. The molecule has 4 aromatic rings. The quantitative estimate of drug-likeness (QED) is 0.206. The molecule has 0 spiro atoms. The summed E-state index contributed by atoms with van der Waals surface area (Å²) in [6, 6.07) is 28.9. The zero-order valence-corrected chi connectivity index (χ0v) is 26.4. The van der Waals surface area contributed by atoms with Crippen molar-refractivity contribution in [2.24, 2.45) is 0 Å². The largest absolute Gasteiger partial charge is 0.352 e. The van der Waals surface area contributed by atoms with Crippen LogP contribution in [0.25, 0.3) is 10.8 Å². The molecule has 2 atom stereocenters. The van der Waals surface area contributed by atoms with Crippen molar-refractivity contribution >= 4 is 54.2 Å². The second-order valence-electron chi connectivity index (χ2n) is 10.4. The average molecular weight is 651 g/mol. The van der Waals surface area contributed by atoms with E-state index in [9.17, 15) is 18.0 Å². The monoisotopic (exact) mass is 649 g/mol. The molecule has 42 heavy (non-hydrogen) atoms. The summed E-state index contributed by atoms with van der Waals surface area (Å²) in [6.45, 7) is 3.58. The van der Waals surface area contributed by atoms with Crippen LogP contribution in [0.3, 0.4) is 0 Å². The normalized spacial score (nSPS) is 12.9. The fraction of sp³-hybridized carbons (Fsp3) is 0.273. The van der Waals surface area contributed by atoms with Gasteiger partial charge in [-0.2, -0.15) is 0 Å². The van der Waals surface area contributed by atoms with Gasteiger partial charge >= 0.3 is 0 Å². The number of hydrogen-bond acceptors (Lipinski definition) is 4. The van der Waals surface area contributed by atoms with Crippen LogP contribution in [-0.2, 0) is 32.6 Å². The van der Waals surface area contributed by atoms with Gasteiger partial charge in [0.1, 0.15) is 12.6 Å². The van der Waals surface area contributed by atoms with Crippen molar-refractivity contribution in [3.05, 3.63) is 113 Å². The number of fused-ring (bicyclic) bond motifs is 1. The van der Waals surface area contributed by atoms with Gasteiger partial charge in [0.25, 0.3) is 0 Å². The molecule has 220 valence electrons. The van der Waals surface area contributed by atoms with Crippen LogP contribution in [-0.4, -0.2) is 50.0 Å². The van der Waals surface area contributed by atoms with E-state index in [1.807, 2.05) is 98.8 Å². The van der Waals surface area contributed by atoms with Gasteiger partial charge in [0.15, 0.2) is 0 Å². The lowest BCUT2D eigenvalue weighted by Crippen LogP contribution is -2.54. The van der Waals surface area contributed by atoms with Crippen LogP contribution in [0, 0.1) is 0 Å². The lowest BCUT2D eigenvalue weighted by Gasteiger charge is -2.34. The van der Waals surface area contributed by atoms with Crippen LogP contribution in [0.15, 0.2) is 102 Å². The zero-order chi connectivity index (χ0) is 30.3. The molecule has 0 aromatic heterocycles. The summed E-state index contributed by atoms with van der Waals surface area (Å²) in [4.78, 5) is 29.6. The van der Waals surface area contributed by atoms with E-state index in [2.05, 4.69) is 21.2 Å². The van der Waals surface area contributed by atoms with Gasteiger partial charge in [-0.3, -0.25) is 13.9 Å². The van der Waals surface area contributed by atoms with Crippen molar-refractivity contribution in [1.29, 1.82) is 0 Å². The summed E-state index contributed by atoms with van der Waals surface area (Å²) < 4.78 is 28.4. The maximum Gasteiger partial charge on any atom is 0.244 e. The number of rotatable bonds is 12. The third-order valence-electron chi connectivity index (χ3n) is 7.25. The maximum absolute atomic E-state index is 14.3. The predicted molar refractivity (Wildman–Crippen MR) is 173 cm³/mol. The summed E-state index contributed by atoms with van der Waals surface area (Å²) >= 11 is 3.45. The topological polar surface area (TPSA) is 86.8 Å². The smallest absolute Gasteiger partial charge is 0.244 e. The molecule has 4 aromatic carbocycles. The second kappa shape index (κ2) is 14.0. The Kier molecular flexibility index (Phi) is 10.4. The highest BCUT2D eigenvalue weighted by Gasteiger charge is 2.33. The van der Waals surface area contributed by atoms with Crippen LogP contribution in [0.4, 0.5) is 5.69 Å². The van der Waals surface area contributed by atoms with Crippen LogP contribution < -0.4 is 9.62 Å². The van der Waals surface area contributed by atoms with Crippen LogP contribution in [0.1, 0.15) is 31.4 Å². The van der Waals surface area contributed by atoms with Crippen molar-refractivity contribution in [3.63, 3.8) is 0 Å². The molecule has 0 saturated carbocycles. The molecule has 2 unspecified atom stereocenters. The van der Waals surface area contributed by atoms with Crippen molar-refractivity contribution < 1.29 is 18.0 Å². The van der Waals surface area contributed by atoms with Crippen molar-refractivity contribution in [2.75, 3.05) is 17.1 Å². The van der Waals surface area contributed by atoms with Gasteiger partial charge in [-0.15, -0.1) is 0 Å². The number of halogens is 1. The Bertz CT molecular complexity index is 1620. The van der Waals surface area contributed by atoms with Gasteiger partial charge < -0.3 is 10.2 Å². The Hall–Kier alpha value is -3.69. The minimum Gasteiger partial charge on any atom is -0.352 e. The minimum absolute atomic E-state index is 0.0939. The number of amides is 2. The number of carbonyl (C=O) groups excluding carboxylic acids is 2. The van der Waals surface area contributed by atoms with E-state index in [1.54, 1.807) is 12.1 Å². The van der Waals surface area contributed by atoms with Gasteiger partial charge in [-0.05, 0) is 48.1 Å². The Labute approximate surface area is 256 Å². The van der Waals surface area contributed by atoms with Crippen LogP contribution >= 0.6 is 15.9 Å². The van der Waals surface area contributed by atoms with E-state index in [0.29, 0.717) is 11.1 Å². The van der Waals surface area contributed by atoms with Crippen LogP contribution in [0.5, 0.6) is 0 Å². The highest BCUT2D eigenvalue weighted by molar-refractivity contribution is 9.10. The first-order valence-electron chi connectivity index (χ1n) is 13.9. The Morgan fingerprint density at radius 1 is 0.857 bits per heavy atom. The average Bonchev–Trinajstić information content (AvgIpc) is 2.98. The van der Waals surface area contributed by atoms with Gasteiger partial charge in [-0.25, -0.2) is 8.42 Å².